The molecule has 4 nitrogen and oxygen atoms in total. The molecule has 0 saturated carbocycles. The number of aromatic nitrogens is 2. The molecule has 6 heteroatoms. The van der Waals surface area contributed by atoms with Gasteiger partial charge in [0.2, 0.25) is 0 Å². The molecule has 0 atom stereocenters. The van der Waals surface area contributed by atoms with Crippen LogP contribution in [0.4, 0.5) is 10.8 Å². The minimum atomic E-state index is 0.555. The Hall–Kier alpha value is -1.53. The molecule has 2 aromatic heterocycles. The van der Waals surface area contributed by atoms with E-state index in [-0.39, 0.29) is 0 Å². The van der Waals surface area contributed by atoms with Gasteiger partial charge in [-0.3, -0.25) is 4.98 Å². The van der Waals surface area contributed by atoms with Crippen molar-refractivity contribution in [2.45, 2.75) is 0 Å². The predicted octanol–water partition coefficient (Wildman–Crippen LogP) is 3.12. The number of hydrogen-bond acceptors (Lipinski definition) is 6. The maximum Gasteiger partial charge on any atom is 0.147 e. The molecule has 0 saturated heterocycles. The van der Waals surface area contributed by atoms with Crippen molar-refractivity contribution >= 4 is 34.1 Å². The SMILES string of the molecule is C=CCSCCNc1snc(N)c1-c1cccnc1. The number of nitrogens with zero attached hydrogens (tertiary/aromatic N) is 2. The zero-order chi connectivity index (χ0) is 13.5. The first kappa shape index (κ1) is 13.9. The monoisotopic (exact) mass is 292 g/mol. The van der Waals surface area contributed by atoms with Crippen molar-refractivity contribution in [2.75, 3.05) is 29.1 Å². The molecule has 2 aromatic rings. The van der Waals surface area contributed by atoms with Crippen molar-refractivity contribution in [2.24, 2.45) is 0 Å². The third kappa shape index (κ3) is 3.71. The number of hydrogen-bond donors (Lipinski definition) is 2. The van der Waals surface area contributed by atoms with Crippen LogP contribution in [0.15, 0.2) is 37.2 Å². The van der Waals surface area contributed by atoms with Gasteiger partial charge in [0.1, 0.15) is 10.8 Å². The summed E-state index contributed by atoms with van der Waals surface area (Å²) >= 11 is 3.23. The third-order valence-electron chi connectivity index (χ3n) is 2.44. The lowest BCUT2D eigenvalue weighted by molar-refractivity contribution is 1.24. The Kier molecular flexibility index (Phi) is 5.23. The highest BCUT2D eigenvalue weighted by molar-refractivity contribution is 7.99. The number of pyridine rings is 1. The van der Waals surface area contributed by atoms with Crippen LogP contribution in [0.3, 0.4) is 0 Å². The first-order valence-corrected chi connectivity index (χ1v) is 7.83. The summed E-state index contributed by atoms with van der Waals surface area (Å²) in [6.07, 6.45) is 5.46. The van der Waals surface area contributed by atoms with Crippen molar-refractivity contribution in [3.63, 3.8) is 0 Å². The van der Waals surface area contributed by atoms with Crippen molar-refractivity contribution in [3.8, 4) is 11.1 Å². The molecule has 0 unspecified atom stereocenters. The third-order valence-corrected chi connectivity index (χ3v) is 4.22. The number of rotatable bonds is 7. The fourth-order valence-electron chi connectivity index (χ4n) is 1.62. The van der Waals surface area contributed by atoms with Gasteiger partial charge in [-0.15, -0.1) is 6.58 Å². The summed E-state index contributed by atoms with van der Waals surface area (Å²) in [5.74, 6) is 2.55. The molecule has 0 fully saturated rings. The molecule has 2 heterocycles. The molecule has 0 aliphatic carbocycles. The largest absolute Gasteiger partial charge is 0.382 e. The van der Waals surface area contributed by atoms with Crippen LogP contribution in [0.25, 0.3) is 11.1 Å². The van der Waals surface area contributed by atoms with E-state index in [4.69, 9.17) is 5.73 Å². The Morgan fingerprint density at radius 1 is 1.53 bits per heavy atom. The van der Waals surface area contributed by atoms with Gasteiger partial charge in [-0.05, 0) is 17.6 Å². The van der Waals surface area contributed by atoms with Crippen LogP contribution < -0.4 is 11.1 Å². The lowest BCUT2D eigenvalue weighted by Crippen LogP contribution is -2.04. The van der Waals surface area contributed by atoms with Gasteiger partial charge < -0.3 is 11.1 Å². The van der Waals surface area contributed by atoms with E-state index in [9.17, 15) is 0 Å². The Balaban J connectivity index is 2.04. The highest BCUT2D eigenvalue weighted by atomic mass is 32.2. The van der Waals surface area contributed by atoms with E-state index in [0.717, 1.165) is 34.2 Å². The zero-order valence-corrected chi connectivity index (χ0v) is 12.1. The second-order valence-electron chi connectivity index (χ2n) is 3.80. The van der Waals surface area contributed by atoms with Crippen LogP contribution in [0, 0.1) is 0 Å². The molecule has 0 bridgehead atoms. The minimum absolute atomic E-state index is 0.555. The molecule has 2 rings (SSSR count). The van der Waals surface area contributed by atoms with E-state index in [1.807, 2.05) is 30.0 Å². The average molecular weight is 292 g/mol. The van der Waals surface area contributed by atoms with Gasteiger partial charge in [-0.2, -0.15) is 16.1 Å². The predicted molar refractivity (Wildman–Crippen MR) is 85.8 cm³/mol. The van der Waals surface area contributed by atoms with Crippen LogP contribution in [-0.2, 0) is 0 Å². The van der Waals surface area contributed by atoms with Crippen LogP contribution in [0.2, 0.25) is 0 Å². The summed E-state index contributed by atoms with van der Waals surface area (Å²) in [5.41, 5.74) is 7.88. The van der Waals surface area contributed by atoms with Gasteiger partial charge in [-0.1, -0.05) is 12.1 Å². The quantitative estimate of drug-likeness (QED) is 0.606. The summed E-state index contributed by atoms with van der Waals surface area (Å²) in [6, 6.07) is 3.89. The van der Waals surface area contributed by atoms with E-state index in [2.05, 4.69) is 21.3 Å². The summed E-state index contributed by atoms with van der Waals surface area (Å²) in [4.78, 5) is 4.12. The van der Waals surface area contributed by atoms with Gasteiger partial charge in [0.15, 0.2) is 0 Å². The molecule has 19 heavy (non-hydrogen) atoms. The zero-order valence-electron chi connectivity index (χ0n) is 10.5. The van der Waals surface area contributed by atoms with Crippen molar-refractivity contribution in [1.82, 2.24) is 9.36 Å². The van der Waals surface area contributed by atoms with Gasteiger partial charge >= 0.3 is 0 Å². The lowest BCUT2D eigenvalue weighted by Gasteiger charge is -2.06. The summed E-state index contributed by atoms with van der Waals surface area (Å²) < 4.78 is 4.21. The topological polar surface area (TPSA) is 63.8 Å². The first-order chi connectivity index (χ1) is 9.33. The van der Waals surface area contributed by atoms with Gasteiger partial charge in [0, 0.05) is 36.0 Å². The fourth-order valence-corrected chi connectivity index (χ4v) is 2.96. The second kappa shape index (κ2) is 7.16. The molecule has 3 N–H and O–H groups in total. The van der Waals surface area contributed by atoms with E-state index in [0.29, 0.717) is 5.82 Å². The Labute approximate surface area is 121 Å². The maximum atomic E-state index is 5.94. The van der Waals surface area contributed by atoms with E-state index >= 15 is 0 Å². The summed E-state index contributed by atoms with van der Waals surface area (Å²) in [7, 11) is 0. The number of nitrogens with two attached hydrogens (primary N) is 1. The maximum absolute atomic E-state index is 5.94. The second-order valence-corrected chi connectivity index (χ2v) is 5.73. The Morgan fingerprint density at radius 3 is 3.16 bits per heavy atom. The van der Waals surface area contributed by atoms with Crippen molar-refractivity contribution < 1.29 is 0 Å². The average Bonchev–Trinajstić information content (AvgIpc) is 2.81. The first-order valence-electron chi connectivity index (χ1n) is 5.91. The molecule has 0 amide bonds. The molecular weight excluding hydrogens is 276 g/mol. The smallest absolute Gasteiger partial charge is 0.147 e. The van der Waals surface area contributed by atoms with Crippen LogP contribution in [0.5, 0.6) is 0 Å². The number of nitrogens with one attached hydrogen (secondary N) is 1. The van der Waals surface area contributed by atoms with Gasteiger partial charge in [0.25, 0.3) is 0 Å². The Bertz CT molecular complexity index is 525. The van der Waals surface area contributed by atoms with E-state index in [1.54, 1.807) is 12.4 Å². The highest BCUT2D eigenvalue weighted by Gasteiger charge is 2.13. The van der Waals surface area contributed by atoms with E-state index in [1.165, 1.54) is 11.5 Å². The minimum Gasteiger partial charge on any atom is -0.382 e. The number of nitrogen functional groups attached to an aromatic ring is 1. The van der Waals surface area contributed by atoms with Gasteiger partial charge in [-0.25, -0.2) is 0 Å². The summed E-state index contributed by atoms with van der Waals surface area (Å²) in [6.45, 7) is 4.58. The standard InChI is InChI=1S/C13H16N4S2/c1-2-7-18-8-6-16-13-11(12(14)17-19-13)10-4-3-5-15-9-10/h2-5,9,16H,1,6-8H2,(H2,14,17). The number of thioether (sulfide) groups is 1. The van der Waals surface area contributed by atoms with Crippen molar-refractivity contribution in [1.29, 1.82) is 0 Å². The highest BCUT2D eigenvalue weighted by Crippen LogP contribution is 2.36. The fraction of sp³-hybridized carbons (Fsp3) is 0.231. The van der Waals surface area contributed by atoms with Crippen LogP contribution >= 0.6 is 23.3 Å². The molecule has 0 aliphatic rings. The van der Waals surface area contributed by atoms with Crippen LogP contribution in [-0.4, -0.2) is 27.4 Å². The summed E-state index contributed by atoms with van der Waals surface area (Å²) in [5, 5.41) is 4.39. The molecular formula is C13H16N4S2. The van der Waals surface area contributed by atoms with E-state index < -0.39 is 0 Å². The molecule has 0 radical (unpaired) electrons. The lowest BCUT2D eigenvalue weighted by atomic mass is 10.1. The Morgan fingerprint density at radius 2 is 2.42 bits per heavy atom. The van der Waals surface area contributed by atoms with Crippen molar-refractivity contribution in [3.05, 3.63) is 37.2 Å². The van der Waals surface area contributed by atoms with Crippen LogP contribution in [0.1, 0.15) is 0 Å². The molecule has 0 spiro atoms. The molecule has 100 valence electrons. The number of anilines is 2. The van der Waals surface area contributed by atoms with Gasteiger partial charge in [0.05, 0.1) is 5.56 Å². The normalized spacial score (nSPS) is 10.3. The molecule has 0 aromatic carbocycles. The molecule has 0 aliphatic heterocycles.